The van der Waals surface area contributed by atoms with Crippen LogP contribution in [0.2, 0.25) is 0 Å². The summed E-state index contributed by atoms with van der Waals surface area (Å²) in [6.45, 7) is 0. The van der Waals surface area contributed by atoms with E-state index in [0.717, 1.165) is 56.0 Å². The largest absolute Gasteiger partial charge is 0.453 e. The Balaban J connectivity index is 1.17. The molecule has 1 aliphatic heterocycles. The molecule has 3 heterocycles. The lowest BCUT2D eigenvalue weighted by atomic mass is 10.0. The molecule has 208 valence electrons. The van der Waals surface area contributed by atoms with E-state index in [9.17, 15) is 0 Å². The van der Waals surface area contributed by atoms with Gasteiger partial charge in [-0.25, -0.2) is 9.97 Å². The molecule has 0 fully saturated rings. The Kier molecular flexibility index (Phi) is 5.40. The first-order valence-corrected chi connectivity index (χ1v) is 14.4. The molecule has 44 heavy (non-hydrogen) atoms. The van der Waals surface area contributed by atoms with Gasteiger partial charge in [-0.05, 0) is 83.9 Å². The third-order valence-corrected chi connectivity index (χ3v) is 7.94. The van der Waals surface area contributed by atoms with Crippen LogP contribution in [0, 0.1) is 0 Å². The minimum absolute atomic E-state index is 0.544. The summed E-state index contributed by atoms with van der Waals surface area (Å²) in [6, 6.07) is 46.6. The molecule has 0 saturated heterocycles. The van der Waals surface area contributed by atoms with Crippen LogP contribution in [0.3, 0.4) is 0 Å². The van der Waals surface area contributed by atoms with E-state index in [0.29, 0.717) is 23.3 Å². The van der Waals surface area contributed by atoms with Crippen LogP contribution in [0.15, 0.2) is 148 Å². The van der Waals surface area contributed by atoms with Gasteiger partial charge in [-0.15, -0.1) is 0 Å². The van der Waals surface area contributed by atoms with Crippen LogP contribution in [-0.4, -0.2) is 9.97 Å². The second-order valence-electron chi connectivity index (χ2n) is 10.7. The van der Waals surface area contributed by atoms with Crippen molar-refractivity contribution in [2.45, 2.75) is 0 Å². The number of oxazole rings is 2. The smallest absolute Gasteiger partial charge is 0.227 e. The highest BCUT2D eigenvalue weighted by molar-refractivity contribution is 5.90. The molecule has 8 aromatic rings. The maximum Gasteiger partial charge on any atom is 0.227 e. The van der Waals surface area contributed by atoms with Gasteiger partial charge in [-0.1, -0.05) is 66.7 Å². The minimum Gasteiger partial charge on any atom is -0.453 e. The predicted molar refractivity (Wildman–Crippen MR) is 173 cm³/mol. The Bertz CT molecular complexity index is 2130. The first-order chi connectivity index (χ1) is 21.8. The van der Waals surface area contributed by atoms with Crippen molar-refractivity contribution in [2.75, 3.05) is 4.90 Å². The normalized spacial score (nSPS) is 12.2. The zero-order chi connectivity index (χ0) is 29.0. The van der Waals surface area contributed by atoms with Crippen LogP contribution in [0.4, 0.5) is 17.1 Å². The van der Waals surface area contributed by atoms with E-state index in [4.69, 9.17) is 23.5 Å². The van der Waals surface area contributed by atoms with Crippen LogP contribution >= 0.6 is 0 Å². The highest BCUT2D eigenvalue weighted by atomic mass is 16.5. The number of anilines is 3. The number of para-hydroxylation sites is 4. The van der Waals surface area contributed by atoms with Crippen molar-refractivity contribution in [1.29, 1.82) is 0 Å². The number of rotatable bonds is 4. The van der Waals surface area contributed by atoms with Gasteiger partial charge in [0, 0.05) is 16.8 Å². The minimum atomic E-state index is 0.544. The van der Waals surface area contributed by atoms with E-state index in [-0.39, 0.29) is 0 Å². The average molecular weight is 570 g/mol. The number of ether oxygens (including phenoxy) is 1. The summed E-state index contributed by atoms with van der Waals surface area (Å²) in [6.07, 6.45) is 0. The molecular weight excluding hydrogens is 546 g/mol. The molecule has 2 aromatic heterocycles. The maximum atomic E-state index is 6.61. The number of nitrogens with zero attached hydrogens (tertiary/aromatic N) is 3. The van der Waals surface area contributed by atoms with Crippen molar-refractivity contribution in [1.82, 2.24) is 9.97 Å². The van der Waals surface area contributed by atoms with Gasteiger partial charge in [-0.2, -0.15) is 0 Å². The number of hydrogen-bond donors (Lipinski definition) is 0. The van der Waals surface area contributed by atoms with Crippen molar-refractivity contribution < 1.29 is 13.6 Å². The third kappa shape index (κ3) is 4.04. The standard InChI is InChI=1S/C38H23N3O3/c1-2-8-24(9-3-1)25-14-18-28(19-15-25)41-31-20-16-26(37-39-29-10-4-6-12-33(29)43-37)22-35(31)42-36-23-27(17-21-32(36)41)38-40-30-11-5-7-13-34(30)44-38/h1-23H. The lowest BCUT2D eigenvalue weighted by Crippen LogP contribution is -2.16. The molecule has 6 heteroatoms. The Hall–Kier alpha value is -6.14. The van der Waals surface area contributed by atoms with Crippen LogP contribution in [-0.2, 0) is 0 Å². The first kappa shape index (κ1) is 24.5. The first-order valence-electron chi connectivity index (χ1n) is 14.4. The Morgan fingerprint density at radius 3 is 1.45 bits per heavy atom. The Morgan fingerprint density at radius 1 is 0.432 bits per heavy atom. The number of benzene rings is 6. The van der Waals surface area contributed by atoms with Gasteiger partial charge in [-0.3, -0.25) is 0 Å². The van der Waals surface area contributed by atoms with Crippen molar-refractivity contribution in [3.05, 3.63) is 140 Å². The molecular formula is C38H23N3O3. The average Bonchev–Trinajstić information content (AvgIpc) is 3.72. The highest BCUT2D eigenvalue weighted by Gasteiger charge is 2.28. The summed E-state index contributed by atoms with van der Waals surface area (Å²) < 4.78 is 18.8. The van der Waals surface area contributed by atoms with E-state index in [1.165, 1.54) is 5.56 Å². The highest BCUT2D eigenvalue weighted by Crippen LogP contribution is 2.52. The van der Waals surface area contributed by atoms with Gasteiger partial charge >= 0.3 is 0 Å². The monoisotopic (exact) mass is 569 g/mol. The third-order valence-electron chi connectivity index (χ3n) is 7.94. The van der Waals surface area contributed by atoms with Crippen molar-refractivity contribution in [3.63, 3.8) is 0 Å². The molecule has 0 radical (unpaired) electrons. The summed E-state index contributed by atoms with van der Waals surface area (Å²) in [7, 11) is 0. The fourth-order valence-electron chi connectivity index (χ4n) is 5.78. The van der Waals surface area contributed by atoms with Crippen molar-refractivity contribution >= 4 is 39.3 Å². The van der Waals surface area contributed by atoms with Gasteiger partial charge in [0.1, 0.15) is 11.0 Å². The molecule has 6 nitrogen and oxygen atoms in total. The number of aromatic nitrogens is 2. The molecule has 0 saturated carbocycles. The Labute approximate surface area is 252 Å². The van der Waals surface area contributed by atoms with E-state index >= 15 is 0 Å². The molecule has 1 aliphatic rings. The fourth-order valence-corrected chi connectivity index (χ4v) is 5.78. The van der Waals surface area contributed by atoms with Gasteiger partial charge in [0.05, 0.1) is 11.4 Å². The summed E-state index contributed by atoms with van der Waals surface area (Å²) in [4.78, 5) is 11.6. The number of fused-ring (bicyclic) bond motifs is 4. The summed E-state index contributed by atoms with van der Waals surface area (Å²) in [5.41, 5.74) is 9.95. The molecule has 0 N–H and O–H groups in total. The summed E-state index contributed by atoms with van der Waals surface area (Å²) >= 11 is 0. The Morgan fingerprint density at radius 2 is 0.909 bits per heavy atom. The zero-order valence-electron chi connectivity index (χ0n) is 23.3. The molecule has 0 bridgehead atoms. The lowest BCUT2D eigenvalue weighted by Gasteiger charge is -2.33. The van der Waals surface area contributed by atoms with Crippen molar-refractivity contribution in [3.8, 4) is 45.5 Å². The molecule has 0 amide bonds. The van der Waals surface area contributed by atoms with Crippen LogP contribution in [0.1, 0.15) is 0 Å². The van der Waals surface area contributed by atoms with E-state index < -0.39 is 0 Å². The topological polar surface area (TPSA) is 64.5 Å². The van der Waals surface area contributed by atoms with Gasteiger partial charge in [0.15, 0.2) is 22.7 Å². The SMILES string of the molecule is c1ccc(-c2ccc(N3c4ccc(-c5nc6ccccc6o5)cc4Oc4cc(-c5nc6ccccc6o5)ccc43)cc2)cc1. The molecule has 0 aliphatic carbocycles. The van der Waals surface area contributed by atoms with Gasteiger partial charge in [0.2, 0.25) is 11.8 Å². The van der Waals surface area contributed by atoms with Crippen LogP contribution in [0.5, 0.6) is 11.5 Å². The molecule has 9 rings (SSSR count). The molecule has 6 aromatic carbocycles. The molecule has 0 unspecified atom stereocenters. The molecule has 0 atom stereocenters. The second-order valence-corrected chi connectivity index (χ2v) is 10.7. The van der Waals surface area contributed by atoms with Crippen LogP contribution in [0.25, 0.3) is 56.2 Å². The summed E-state index contributed by atoms with van der Waals surface area (Å²) in [5.74, 6) is 2.47. The van der Waals surface area contributed by atoms with Crippen molar-refractivity contribution in [2.24, 2.45) is 0 Å². The number of hydrogen-bond acceptors (Lipinski definition) is 6. The van der Waals surface area contributed by atoms with E-state index in [2.05, 4.69) is 65.6 Å². The molecule has 0 spiro atoms. The van der Waals surface area contributed by atoms with E-state index in [1.54, 1.807) is 0 Å². The lowest BCUT2D eigenvalue weighted by molar-refractivity contribution is 0.476. The second kappa shape index (κ2) is 9.71. The van der Waals surface area contributed by atoms with Gasteiger partial charge in [0.25, 0.3) is 0 Å². The van der Waals surface area contributed by atoms with Crippen LogP contribution < -0.4 is 9.64 Å². The van der Waals surface area contributed by atoms with Gasteiger partial charge < -0.3 is 18.5 Å². The quantitative estimate of drug-likeness (QED) is 0.210. The summed E-state index contributed by atoms with van der Waals surface area (Å²) in [5, 5.41) is 0. The fraction of sp³-hybridized carbons (Fsp3) is 0. The van der Waals surface area contributed by atoms with E-state index in [1.807, 2.05) is 78.9 Å². The zero-order valence-corrected chi connectivity index (χ0v) is 23.3. The predicted octanol–water partition coefficient (Wildman–Crippen LogP) is 10.5. The maximum absolute atomic E-state index is 6.61.